The molecular formula is C19H14ClF3N2O3. The highest BCUT2D eigenvalue weighted by Crippen LogP contribution is 2.34. The molecule has 0 aliphatic carbocycles. The number of rotatable bonds is 6. The van der Waals surface area contributed by atoms with Crippen LogP contribution in [0.25, 0.3) is 16.9 Å². The van der Waals surface area contributed by atoms with Crippen molar-refractivity contribution in [3.63, 3.8) is 0 Å². The first-order chi connectivity index (χ1) is 13.4. The number of carbonyl (C=O) groups excluding carboxylic acids is 1. The summed E-state index contributed by atoms with van der Waals surface area (Å²) < 4.78 is 52.2. The number of hydrogen-bond acceptors (Lipinski definition) is 4. The molecule has 1 heterocycles. The summed E-state index contributed by atoms with van der Waals surface area (Å²) in [7, 11) is 0. The van der Waals surface area contributed by atoms with E-state index < -0.39 is 23.4 Å². The molecule has 0 saturated carbocycles. The zero-order valence-electron chi connectivity index (χ0n) is 14.6. The predicted octanol–water partition coefficient (Wildman–Crippen LogP) is 4.76. The number of hydrogen-bond donors (Lipinski definition) is 0. The molecule has 2 aromatic carbocycles. The highest BCUT2D eigenvalue weighted by atomic mass is 35.5. The Hall–Kier alpha value is -2.84. The Morgan fingerprint density at radius 1 is 1.11 bits per heavy atom. The van der Waals surface area contributed by atoms with Gasteiger partial charge in [-0.15, -0.1) is 0 Å². The lowest BCUT2D eigenvalue weighted by Gasteiger charge is -2.09. The van der Waals surface area contributed by atoms with Crippen LogP contribution >= 0.6 is 11.6 Å². The molecule has 0 fully saturated rings. The van der Waals surface area contributed by atoms with Crippen molar-refractivity contribution in [1.82, 2.24) is 9.78 Å². The number of aromatic nitrogens is 2. The fourth-order valence-corrected chi connectivity index (χ4v) is 2.76. The SMILES string of the molecule is CCOCOC(=O)c1nn(-c2cc(F)ccc2F)c(-c2ccc(F)cc2)c1Cl. The Morgan fingerprint density at radius 2 is 1.79 bits per heavy atom. The zero-order chi connectivity index (χ0) is 20.3. The first kappa shape index (κ1) is 19.9. The Labute approximate surface area is 163 Å². The van der Waals surface area contributed by atoms with Gasteiger partial charge >= 0.3 is 5.97 Å². The summed E-state index contributed by atoms with van der Waals surface area (Å²) in [6.45, 7) is 1.72. The van der Waals surface area contributed by atoms with Gasteiger partial charge in [-0.3, -0.25) is 0 Å². The van der Waals surface area contributed by atoms with Crippen LogP contribution in [0.4, 0.5) is 13.2 Å². The fourth-order valence-electron chi connectivity index (χ4n) is 2.46. The van der Waals surface area contributed by atoms with Gasteiger partial charge in [0.1, 0.15) is 28.2 Å². The molecule has 3 rings (SSSR count). The number of esters is 1. The Morgan fingerprint density at radius 3 is 2.46 bits per heavy atom. The van der Waals surface area contributed by atoms with Crippen LogP contribution in [-0.2, 0) is 9.47 Å². The van der Waals surface area contributed by atoms with E-state index in [1.165, 1.54) is 12.1 Å². The molecule has 0 bridgehead atoms. The molecule has 5 nitrogen and oxygen atoms in total. The third-order valence-electron chi connectivity index (χ3n) is 3.75. The smallest absolute Gasteiger partial charge is 0.362 e. The first-order valence-electron chi connectivity index (χ1n) is 8.17. The second-order valence-electron chi connectivity index (χ2n) is 5.57. The van der Waals surface area contributed by atoms with Crippen LogP contribution in [0.3, 0.4) is 0 Å². The second kappa shape index (κ2) is 8.45. The van der Waals surface area contributed by atoms with E-state index in [1.54, 1.807) is 6.92 Å². The molecule has 28 heavy (non-hydrogen) atoms. The van der Waals surface area contributed by atoms with Gasteiger partial charge < -0.3 is 9.47 Å². The normalized spacial score (nSPS) is 10.9. The van der Waals surface area contributed by atoms with Crippen molar-refractivity contribution >= 4 is 17.6 Å². The molecule has 0 radical (unpaired) electrons. The average Bonchev–Trinajstić information content (AvgIpc) is 3.01. The lowest BCUT2D eigenvalue weighted by Crippen LogP contribution is -2.10. The molecule has 0 aliphatic rings. The predicted molar refractivity (Wildman–Crippen MR) is 95.8 cm³/mol. The van der Waals surface area contributed by atoms with Crippen molar-refractivity contribution in [2.24, 2.45) is 0 Å². The third kappa shape index (κ3) is 4.02. The Kier molecular flexibility index (Phi) is 6.01. The van der Waals surface area contributed by atoms with Crippen molar-refractivity contribution in [2.75, 3.05) is 13.4 Å². The number of halogens is 4. The summed E-state index contributed by atoms with van der Waals surface area (Å²) >= 11 is 6.32. The van der Waals surface area contributed by atoms with Gasteiger partial charge in [0, 0.05) is 18.2 Å². The molecular weight excluding hydrogens is 397 g/mol. The highest BCUT2D eigenvalue weighted by molar-refractivity contribution is 6.35. The Bertz CT molecular complexity index is 1010. The van der Waals surface area contributed by atoms with Crippen LogP contribution in [-0.4, -0.2) is 29.1 Å². The van der Waals surface area contributed by atoms with Crippen molar-refractivity contribution < 1.29 is 27.4 Å². The van der Waals surface area contributed by atoms with Gasteiger partial charge in [-0.05, 0) is 43.3 Å². The maximum atomic E-state index is 14.3. The monoisotopic (exact) mass is 410 g/mol. The summed E-state index contributed by atoms with van der Waals surface area (Å²) in [5, 5.41) is 3.86. The number of ether oxygens (including phenoxy) is 2. The molecule has 0 N–H and O–H groups in total. The van der Waals surface area contributed by atoms with E-state index in [-0.39, 0.29) is 28.9 Å². The summed E-state index contributed by atoms with van der Waals surface area (Å²) in [6, 6.07) is 7.85. The molecule has 146 valence electrons. The molecule has 3 aromatic rings. The third-order valence-corrected chi connectivity index (χ3v) is 4.11. The fraction of sp³-hybridized carbons (Fsp3) is 0.158. The maximum Gasteiger partial charge on any atom is 0.362 e. The molecule has 0 atom stereocenters. The minimum absolute atomic E-state index is 0.0783. The largest absolute Gasteiger partial charge is 0.434 e. The van der Waals surface area contributed by atoms with Gasteiger partial charge in [0.2, 0.25) is 0 Å². The van der Waals surface area contributed by atoms with Gasteiger partial charge in [0.05, 0.1) is 5.69 Å². The molecule has 0 aliphatic heterocycles. The minimum atomic E-state index is -0.905. The topological polar surface area (TPSA) is 53.4 Å². The van der Waals surface area contributed by atoms with Gasteiger partial charge in [-0.1, -0.05) is 11.6 Å². The molecule has 1 aromatic heterocycles. The van der Waals surface area contributed by atoms with Crippen LogP contribution in [0.5, 0.6) is 0 Å². The van der Waals surface area contributed by atoms with Crippen LogP contribution < -0.4 is 0 Å². The number of benzene rings is 2. The molecule has 0 unspecified atom stereocenters. The molecule has 0 amide bonds. The van der Waals surface area contributed by atoms with E-state index >= 15 is 0 Å². The van der Waals surface area contributed by atoms with E-state index in [0.29, 0.717) is 12.2 Å². The van der Waals surface area contributed by atoms with Crippen LogP contribution in [0, 0.1) is 17.5 Å². The van der Waals surface area contributed by atoms with Crippen LogP contribution in [0.2, 0.25) is 5.02 Å². The van der Waals surface area contributed by atoms with E-state index in [4.69, 9.17) is 21.1 Å². The lowest BCUT2D eigenvalue weighted by atomic mass is 10.1. The van der Waals surface area contributed by atoms with Gasteiger partial charge in [0.15, 0.2) is 12.5 Å². The van der Waals surface area contributed by atoms with Crippen molar-refractivity contribution in [3.8, 4) is 16.9 Å². The summed E-state index contributed by atoms with van der Waals surface area (Å²) in [5.41, 5.74) is -0.171. The summed E-state index contributed by atoms with van der Waals surface area (Å²) in [4.78, 5) is 12.3. The van der Waals surface area contributed by atoms with Crippen molar-refractivity contribution in [1.29, 1.82) is 0 Å². The quantitative estimate of drug-likeness (QED) is 0.334. The van der Waals surface area contributed by atoms with E-state index in [2.05, 4.69) is 5.10 Å². The summed E-state index contributed by atoms with van der Waals surface area (Å²) in [5.74, 6) is -2.91. The van der Waals surface area contributed by atoms with Gasteiger partial charge in [0.25, 0.3) is 0 Å². The summed E-state index contributed by atoms with van der Waals surface area (Å²) in [6.07, 6.45) is 0. The Balaban J connectivity index is 2.16. The first-order valence-corrected chi connectivity index (χ1v) is 8.55. The number of carbonyl (C=O) groups is 1. The number of nitrogens with zero attached hydrogens (tertiary/aromatic N) is 2. The molecule has 0 spiro atoms. The maximum absolute atomic E-state index is 14.3. The van der Waals surface area contributed by atoms with Gasteiger partial charge in [-0.25, -0.2) is 22.6 Å². The van der Waals surface area contributed by atoms with E-state index in [0.717, 1.165) is 35.0 Å². The van der Waals surface area contributed by atoms with Crippen LogP contribution in [0.1, 0.15) is 17.4 Å². The molecule has 9 heteroatoms. The minimum Gasteiger partial charge on any atom is -0.434 e. The standard InChI is InChI=1S/C19H14ClF3N2O3/c1-2-27-10-28-19(26)17-16(20)18(11-3-5-12(21)6-4-11)25(24-17)15-9-13(22)7-8-14(15)23/h3-9H,2,10H2,1H3. The van der Waals surface area contributed by atoms with E-state index in [1.807, 2.05) is 0 Å². The van der Waals surface area contributed by atoms with E-state index in [9.17, 15) is 18.0 Å². The average molecular weight is 411 g/mol. The van der Waals surface area contributed by atoms with Crippen molar-refractivity contribution in [3.05, 3.63) is 70.6 Å². The van der Waals surface area contributed by atoms with Crippen molar-refractivity contribution in [2.45, 2.75) is 6.92 Å². The highest BCUT2D eigenvalue weighted by Gasteiger charge is 2.26. The lowest BCUT2D eigenvalue weighted by molar-refractivity contribution is -0.0279. The molecule has 0 saturated heterocycles. The second-order valence-corrected chi connectivity index (χ2v) is 5.95. The van der Waals surface area contributed by atoms with Crippen LogP contribution in [0.15, 0.2) is 42.5 Å². The van der Waals surface area contributed by atoms with Gasteiger partial charge in [-0.2, -0.15) is 5.10 Å². The zero-order valence-corrected chi connectivity index (χ0v) is 15.3.